The van der Waals surface area contributed by atoms with Crippen LogP contribution in [-0.2, 0) is 4.79 Å². The molecule has 15 heavy (non-hydrogen) atoms. The summed E-state index contributed by atoms with van der Waals surface area (Å²) in [7, 11) is 0. The minimum atomic E-state index is -0.419. The lowest BCUT2D eigenvalue weighted by atomic mass is 9.99. The Morgan fingerprint density at radius 2 is 2.13 bits per heavy atom. The third kappa shape index (κ3) is 3.19. The van der Waals surface area contributed by atoms with Crippen LogP contribution >= 0.6 is 0 Å². The van der Waals surface area contributed by atoms with Crippen LogP contribution in [-0.4, -0.2) is 21.9 Å². The third-order valence-corrected chi connectivity index (χ3v) is 2.37. The predicted octanol–water partition coefficient (Wildman–Crippen LogP) is 0.788. The van der Waals surface area contributed by atoms with Gasteiger partial charge in [-0.3, -0.25) is 4.79 Å². The van der Waals surface area contributed by atoms with Crippen molar-refractivity contribution in [1.82, 2.24) is 9.97 Å². The summed E-state index contributed by atoms with van der Waals surface area (Å²) in [6, 6.07) is 1.30. The second-order valence-electron chi connectivity index (χ2n) is 3.48. The Kier molecular flexibility index (Phi) is 4.03. The molecule has 0 fully saturated rings. The summed E-state index contributed by atoms with van der Waals surface area (Å²) in [6.45, 7) is 3.97. The fourth-order valence-corrected chi connectivity index (χ4v) is 1.24. The molecule has 1 aromatic heterocycles. The topological polar surface area (TPSA) is 80.9 Å². The Hall–Kier alpha value is -1.65. The minimum Gasteiger partial charge on any atom is -0.368 e. The van der Waals surface area contributed by atoms with Crippen molar-refractivity contribution in [2.75, 3.05) is 5.32 Å². The molecule has 0 aliphatic heterocycles. The largest absolute Gasteiger partial charge is 0.368 e. The Balaban J connectivity index is 2.71. The molecule has 1 amide bonds. The summed E-state index contributed by atoms with van der Waals surface area (Å²) in [6.07, 6.45) is 4.10. The van der Waals surface area contributed by atoms with Crippen molar-refractivity contribution in [2.45, 2.75) is 26.3 Å². The number of nitrogens with one attached hydrogen (secondary N) is 1. The lowest BCUT2D eigenvalue weighted by Crippen LogP contribution is -2.40. The van der Waals surface area contributed by atoms with E-state index in [0.717, 1.165) is 6.42 Å². The van der Waals surface area contributed by atoms with Gasteiger partial charge in [-0.2, -0.15) is 0 Å². The van der Waals surface area contributed by atoms with Gasteiger partial charge in [-0.1, -0.05) is 20.3 Å². The highest BCUT2D eigenvalue weighted by Crippen LogP contribution is 2.11. The number of carbonyl (C=O) groups is 1. The molecular formula is C10H16N4O. The van der Waals surface area contributed by atoms with E-state index in [1.54, 1.807) is 18.5 Å². The van der Waals surface area contributed by atoms with Crippen LogP contribution < -0.4 is 11.1 Å². The number of anilines is 1. The van der Waals surface area contributed by atoms with Gasteiger partial charge in [-0.15, -0.1) is 0 Å². The van der Waals surface area contributed by atoms with Gasteiger partial charge in [-0.25, -0.2) is 9.97 Å². The number of hydrogen-bond acceptors (Lipinski definition) is 4. The maximum atomic E-state index is 11.2. The Bertz CT molecular complexity index is 314. The highest BCUT2D eigenvalue weighted by atomic mass is 16.1. The molecule has 0 saturated heterocycles. The summed E-state index contributed by atoms with van der Waals surface area (Å²) in [5.41, 5.74) is 5.30. The SMILES string of the molecule is CC[C@@H](C)[C@H](Nc1ncccn1)C(N)=O. The van der Waals surface area contributed by atoms with Crippen molar-refractivity contribution >= 4 is 11.9 Å². The number of nitrogens with two attached hydrogens (primary N) is 1. The maximum Gasteiger partial charge on any atom is 0.240 e. The van der Waals surface area contributed by atoms with Crippen molar-refractivity contribution in [1.29, 1.82) is 0 Å². The number of nitrogens with zero attached hydrogens (tertiary/aromatic N) is 2. The zero-order chi connectivity index (χ0) is 11.3. The lowest BCUT2D eigenvalue weighted by Gasteiger charge is -2.20. The van der Waals surface area contributed by atoms with Crippen LogP contribution in [0.3, 0.4) is 0 Å². The number of rotatable bonds is 5. The Labute approximate surface area is 89.1 Å². The quantitative estimate of drug-likeness (QED) is 0.749. The van der Waals surface area contributed by atoms with Crippen LogP contribution in [0.5, 0.6) is 0 Å². The van der Waals surface area contributed by atoms with Gasteiger partial charge >= 0.3 is 0 Å². The van der Waals surface area contributed by atoms with Crippen molar-refractivity contribution < 1.29 is 4.79 Å². The van der Waals surface area contributed by atoms with Gasteiger partial charge in [-0.05, 0) is 12.0 Å². The Morgan fingerprint density at radius 1 is 1.53 bits per heavy atom. The summed E-state index contributed by atoms with van der Waals surface area (Å²) < 4.78 is 0. The maximum absolute atomic E-state index is 11.2. The third-order valence-electron chi connectivity index (χ3n) is 2.37. The van der Waals surface area contributed by atoms with E-state index in [4.69, 9.17) is 5.73 Å². The van der Waals surface area contributed by atoms with E-state index in [0.29, 0.717) is 5.95 Å². The van der Waals surface area contributed by atoms with E-state index in [1.807, 2.05) is 13.8 Å². The van der Waals surface area contributed by atoms with E-state index < -0.39 is 6.04 Å². The monoisotopic (exact) mass is 208 g/mol. The molecule has 0 saturated carbocycles. The number of primary amides is 1. The molecule has 1 aromatic rings. The summed E-state index contributed by atoms with van der Waals surface area (Å²) >= 11 is 0. The average molecular weight is 208 g/mol. The standard InChI is InChI=1S/C10H16N4O/c1-3-7(2)8(9(11)15)14-10-12-5-4-6-13-10/h4-8H,3H2,1-2H3,(H2,11,15)(H,12,13,14)/t7-,8+/m1/s1. The Morgan fingerprint density at radius 3 is 2.60 bits per heavy atom. The molecule has 0 unspecified atom stereocenters. The molecule has 0 aromatic carbocycles. The van der Waals surface area contributed by atoms with Crippen molar-refractivity contribution in [3.8, 4) is 0 Å². The average Bonchev–Trinajstić information content (AvgIpc) is 2.26. The molecular weight excluding hydrogens is 192 g/mol. The van der Waals surface area contributed by atoms with Crippen LogP contribution in [0.2, 0.25) is 0 Å². The highest BCUT2D eigenvalue weighted by molar-refractivity contribution is 5.82. The number of carbonyl (C=O) groups excluding carboxylic acids is 1. The van der Waals surface area contributed by atoms with Crippen LogP contribution in [0.4, 0.5) is 5.95 Å². The molecule has 0 aliphatic carbocycles. The van der Waals surface area contributed by atoms with Crippen LogP contribution in [0.25, 0.3) is 0 Å². The fraction of sp³-hybridized carbons (Fsp3) is 0.500. The van der Waals surface area contributed by atoms with Gasteiger partial charge in [0.25, 0.3) is 0 Å². The van der Waals surface area contributed by atoms with Gasteiger partial charge in [0.05, 0.1) is 0 Å². The lowest BCUT2D eigenvalue weighted by molar-refractivity contribution is -0.119. The predicted molar refractivity (Wildman–Crippen MR) is 58.1 cm³/mol. The molecule has 3 N–H and O–H groups in total. The molecule has 0 spiro atoms. The van der Waals surface area contributed by atoms with Gasteiger partial charge in [0.15, 0.2) is 0 Å². The van der Waals surface area contributed by atoms with Gasteiger partial charge in [0.1, 0.15) is 6.04 Å². The first-order chi connectivity index (χ1) is 7.15. The first-order valence-corrected chi connectivity index (χ1v) is 4.98. The van der Waals surface area contributed by atoms with E-state index in [2.05, 4.69) is 15.3 Å². The smallest absolute Gasteiger partial charge is 0.240 e. The second kappa shape index (κ2) is 5.29. The summed E-state index contributed by atoms with van der Waals surface area (Å²) in [5.74, 6) is 0.213. The molecule has 0 radical (unpaired) electrons. The first-order valence-electron chi connectivity index (χ1n) is 4.98. The number of hydrogen-bond donors (Lipinski definition) is 2. The van der Waals surface area contributed by atoms with Crippen LogP contribution in [0.1, 0.15) is 20.3 Å². The normalized spacial score (nSPS) is 14.3. The van der Waals surface area contributed by atoms with Crippen molar-refractivity contribution in [2.24, 2.45) is 11.7 Å². The van der Waals surface area contributed by atoms with E-state index in [9.17, 15) is 4.79 Å². The molecule has 0 bridgehead atoms. The molecule has 1 rings (SSSR count). The van der Waals surface area contributed by atoms with Crippen molar-refractivity contribution in [3.05, 3.63) is 18.5 Å². The number of aromatic nitrogens is 2. The molecule has 5 nitrogen and oxygen atoms in total. The zero-order valence-electron chi connectivity index (χ0n) is 8.97. The van der Waals surface area contributed by atoms with Crippen LogP contribution in [0, 0.1) is 5.92 Å². The van der Waals surface area contributed by atoms with E-state index in [-0.39, 0.29) is 11.8 Å². The van der Waals surface area contributed by atoms with E-state index in [1.165, 1.54) is 0 Å². The van der Waals surface area contributed by atoms with Crippen LogP contribution in [0.15, 0.2) is 18.5 Å². The number of amides is 1. The van der Waals surface area contributed by atoms with Gasteiger partial charge < -0.3 is 11.1 Å². The van der Waals surface area contributed by atoms with E-state index >= 15 is 0 Å². The summed E-state index contributed by atoms with van der Waals surface area (Å²) in [4.78, 5) is 19.2. The van der Waals surface area contributed by atoms with Gasteiger partial charge in [0.2, 0.25) is 11.9 Å². The van der Waals surface area contributed by atoms with Crippen molar-refractivity contribution in [3.63, 3.8) is 0 Å². The molecule has 82 valence electrons. The molecule has 2 atom stereocenters. The second-order valence-corrected chi connectivity index (χ2v) is 3.48. The zero-order valence-corrected chi connectivity index (χ0v) is 8.97. The first kappa shape index (κ1) is 11.4. The van der Waals surface area contributed by atoms with Gasteiger partial charge in [0, 0.05) is 12.4 Å². The molecule has 5 heteroatoms. The molecule has 1 heterocycles. The summed E-state index contributed by atoms with van der Waals surface area (Å²) in [5, 5.41) is 2.93. The fourth-order valence-electron chi connectivity index (χ4n) is 1.24. The molecule has 0 aliphatic rings. The minimum absolute atomic E-state index is 0.159. The highest BCUT2D eigenvalue weighted by Gasteiger charge is 2.21.